The second-order valence-electron chi connectivity index (χ2n) is 2.13. The lowest BCUT2D eigenvalue weighted by Crippen LogP contribution is -2.28. The van der Waals surface area contributed by atoms with Crippen LogP contribution in [0.2, 0.25) is 0 Å². The Morgan fingerprint density at radius 2 is 1.90 bits per heavy atom. The summed E-state index contributed by atoms with van der Waals surface area (Å²) in [4.78, 5) is 0. The van der Waals surface area contributed by atoms with E-state index in [0.717, 1.165) is 0 Å². The maximum absolute atomic E-state index is 8.88. The van der Waals surface area contributed by atoms with E-state index in [2.05, 4.69) is 0 Å². The zero-order valence-corrected chi connectivity index (χ0v) is 5.86. The summed E-state index contributed by atoms with van der Waals surface area (Å²) >= 11 is 0. The predicted octanol–water partition coefficient (Wildman–Crippen LogP) is -0.985. The van der Waals surface area contributed by atoms with Crippen LogP contribution < -0.4 is 0 Å². The molecule has 0 aromatic carbocycles. The monoisotopic (exact) mass is 149 g/mol. The molecule has 0 fully saturated rings. The van der Waals surface area contributed by atoms with Gasteiger partial charge in [-0.05, 0) is 13.3 Å². The van der Waals surface area contributed by atoms with Gasteiger partial charge in [-0.1, -0.05) is 0 Å². The molecule has 2 atom stereocenters. The number of hydrogen-bond acceptors (Lipinski definition) is 4. The summed E-state index contributed by atoms with van der Waals surface area (Å²) in [5.74, 6) is 0. The number of rotatable bonds is 4. The third kappa shape index (κ3) is 3.12. The van der Waals surface area contributed by atoms with Gasteiger partial charge in [-0.3, -0.25) is 0 Å². The van der Waals surface area contributed by atoms with Crippen molar-refractivity contribution in [2.75, 3.05) is 6.61 Å². The molecule has 0 heterocycles. The van der Waals surface area contributed by atoms with Crippen molar-refractivity contribution < 1.29 is 20.4 Å². The van der Waals surface area contributed by atoms with Crippen molar-refractivity contribution in [2.45, 2.75) is 25.6 Å². The normalized spacial score (nSPS) is 17.4. The van der Waals surface area contributed by atoms with Crippen LogP contribution in [0.4, 0.5) is 0 Å². The molecule has 0 amide bonds. The molecule has 4 N–H and O–H groups in total. The molecule has 0 saturated carbocycles. The van der Waals surface area contributed by atoms with E-state index in [9.17, 15) is 0 Å². The van der Waals surface area contributed by atoms with Crippen molar-refractivity contribution in [2.24, 2.45) is 0 Å². The van der Waals surface area contributed by atoms with E-state index in [-0.39, 0.29) is 13.0 Å². The van der Waals surface area contributed by atoms with Gasteiger partial charge in [0.25, 0.3) is 0 Å². The highest BCUT2D eigenvalue weighted by Crippen LogP contribution is 2.10. The molecular formula is C6H13O4. The molecule has 0 aliphatic carbocycles. The van der Waals surface area contributed by atoms with Gasteiger partial charge in [0.2, 0.25) is 0 Å². The van der Waals surface area contributed by atoms with E-state index in [1.54, 1.807) is 0 Å². The second kappa shape index (κ2) is 4.62. The van der Waals surface area contributed by atoms with Crippen LogP contribution in [0.15, 0.2) is 0 Å². The third-order valence-electron chi connectivity index (χ3n) is 1.17. The summed E-state index contributed by atoms with van der Waals surface area (Å²) in [6, 6.07) is 0. The molecule has 0 aliphatic heterocycles. The summed E-state index contributed by atoms with van der Waals surface area (Å²) < 4.78 is 0. The van der Waals surface area contributed by atoms with Crippen LogP contribution in [-0.4, -0.2) is 39.2 Å². The van der Waals surface area contributed by atoms with E-state index < -0.39 is 18.3 Å². The molecule has 0 aromatic rings. The smallest absolute Gasteiger partial charge is 0.149 e. The van der Waals surface area contributed by atoms with Gasteiger partial charge in [-0.25, -0.2) is 0 Å². The average Bonchev–Trinajstić information content (AvgIpc) is 1.87. The fourth-order valence-electron chi connectivity index (χ4n) is 0.549. The van der Waals surface area contributed by atoms with Gasteiger partial charge in [0.15, 0.2) is 0 Å². The van der Waals surface area contributed by atoms with Crippen LogP contribution in [-0.2, 0) is 0 Å². The highest BCUT2D eigenvalue weighted by atomic mass is 16.4. The maximum atomic E-state index is 8.88. The minimum absolute atomic E-state index is 0.0523. The van der Waals surface area contributed by atoms with Gasteiger partial charge in [0, 0.05) is 6.61 Å². The summed E-state index contributed by atoms with van der Waals surface area (Å²) in [6.07, 6.45) is -2.50. The first-order chi connectivity index (χ1) is 4.59. The van der Waals surface area contributed by atoms with Gasteiger partial charge < -0.3 is 20.4 Å². The molecule has 0 saturated heterocycles. The lowest BCUT2D eigenvalue weighted by atomic mass is 10.1. The van der Waals surface area contributed by atoms with Crippen LogP contribution in [0.5, 0.6) is 0 Å². The Bertz CT molecular complexity index is 83.8. The minimum Gasteiger partial charge on any atom is -0.396 e. The van der Waals surface area contributed by atoms with Crippen LogP contribution in [0.1, 0.15) is 13.3 Å². The fourth-order valence-corrected chi connectivity index (χ4v) is 0.549. The zero-order valence-electron chi connectivity index (χ0n) is 5.86. The molecule has 4 nitrogen and oxygen atoms in total. The summed E-state index contributed by atoms with van der Waals surface area (Å²) in [7, 11) is 0. The number of aliphatic hydroxyl groups is 4. The minimum atomic E-state index is -1.12. The molecule has 0 bridgehead atoms. The summed E-state index contributed by atoms with van der Waals surface area (Å²) in [5.41, 5.74) is 0. The Hall–Kier alpha value is -0.160. The van der Waals surface area contributed by atoms with E-state index in [0.29, 0.717) is 0 Å². The molecule has 2 unspecified atom stereocenters. The van der Waals surface area contributed by atoms with Gasteiger partial charge in [-0.2, -0.15) is 0 Å². The third-order valence-corrected chi connectivity index (χ3v) is 1.17. The highest BCUT2D eigenvalue weighted by Gasteiger charge is 2.21. The summed E-state index contributed by atoms with van der Waals surface area (Å²) in [5, 5.41) is 34.7. The van der Waals surface area contributed by atoms with Gasteiger partial charge in [0.1, 0.15) is 6.10 Å². The van der Waals surface area contributed by atoms with Crippen molar-refractivity contribution in [3.05, 3.63) is 6.10 Å². The first-order valence-corrected chi connectivity index (χ1v) is 3.12. The topological polar surface area (TPSA) is 80.9 Å². The first kappa shape index (κ1) is 9.84. The van der Waals surface area contributed by atoms with Gasteiger partial charge in [-0.15, -0.1) is 0 Å². The SMILES string of the molecule is CC(O)[C](O)C(O)CCO. The van der Waals surface area contributed by atoms with E-state index in [4.69, 9.17) is 20.4 Å². The molecule has 0 aromatic heterocycles. The molecule has 10 heavy (non-hydrogen) atoms. The Labute approximate surface area is 59.7 Å². The van der Waals surface area contributed by atoms with E-state index in [1.807, 2.05) is 0 Å². The van der Waals surface area contributed by atoms with Crippen molar-refractivity contribution in [1.82, 2.24) is 0 Å². The van der Waals surface area contributed by atoms with Gasteiger partial charge >= 0.3 is 0 Å². The number of aliphatic hydroxyl groups excluding tert-OH is 4. The maximum Gasteiger partial charge on any atom is 0.149 e. The van der Waals surface area contributed by atoms with Crippen LogP contribution in [0.3, 0.4) is 0 Å². The molecular weight excluding hydrogens is 136 g/mol. The highest BCUT2D eigenvalue weighted by molar-refractivity contribution is 4.89. The fraction of sp³-hybridized carbons (Fsp3) is 0.833. The van der Waals surface area contributed by atoms with Crippen molar-refractivity contribution in [3.63, 3.8) is 0 Å². The van der Waals surface area contributed by atoms with Crippen molar-refractivity contribution in [1.29, 1.82) is 0 Å². The second-order valence-corrected chi connectivity index (χ2v) is 2.13. The van der Waals surface area contributed by atoms with Gasteiger partial charge in [0.05, 0.1) is 12.2 Å². The van der Waals surface area contributed by atoms with Crippen LogP contribution >= 0.6 is 0 Å². The standard InChI is InChI=1S/C6H13O4/c1-4(8)6(10)5(9)2-3-7/h4-5,7-10H,2-3H2,1H3. The molecule has 0 spiro atoms. The molecule has 61 valence electrons. The largest absolute Gasteiger partial charge is 0.396 e. The number of hydrogen-bond donors (Lipinski definition) is 4. The Morgan fingerprint density at radius 3 is 2.20 bits per heavy atom. The lowest BCUT2D eigenvalue weighted by molar-refractivity contribution is 0.0146. The Morgan fingerprint density at radius 1 is 1.40 bits per heavy atom. The lowest BCUT2D eigenvalue weighted by Gasteiger charge is -2.17. The summed E-state index contributed by atoms with van der Waals surface area (Å²) in [6.45, 7) is 1.13. The molecule has 0 aliphatic rings. The molecule has 0 rings (SSSR count). The van der Waals surface area contributed by atoms with Crippen molar-refractivity contribution >= 4 is 0 Å². The molecule has 4 heteroatoms. The first-order valence-electron chi connectivity index (χ1n) is 3.12. The van der Waals surface area contributed by atoms with E-state index >= 15 is 0 Å². The quantitative estimate of drug-likeness (QED) is 0.414. The molecule has 1 radical (unpaired) electrons. The average molecular weight is 149 g/mol. The van der Waals surface area contributed by atoms with E-state index in [1.165, 1.54) is 6.92 Å². The Kier molecular flexibility index (Phi) is 4.55. The Balaban J connectivity index is 3.58. The zero-order chi connectivity index (χ0) is 8.15. The van der Waals surface area contributed by atoms with Crippen LogP contribution in [0.25, 0.3) is 0 Å². The predicted molar refractivity (Wildman–Crippen MR) is 34.6 cm³/mol. The van der Waals surface area contributed by atoms with Crippen molar-refractivity contribution in [3.8, 4) is 0 Å². The van der Waals surface area contributed by atoms with Crippen LogP contribution in [0, 0.1) is 6.10 Å².